The second-order valence-electron chi connectivity index (χ2n) is 8.02. The number of hydrogen-bond donors (Lipinski definition) is 2. The van der Waals surface area contributed by atoms with Crippen LogP contribution in [0.1, 0.15) is 18.4 Å². The van der Waals surface area contributed by atoms with Crippen molar-refractivity contribution in [2.24, 2.45) is 0 Å². The lowest BCUT2D eigenvalue weighted by molar-refractivity contribution is -0.118. The van der Waals surface area contributed by atoms with Gasteiger partial charge in [0, 0.05) is 11.1 Å². The number of fused-ring (bicyclic) bond motifs is 1. The molecule has 7 heteroatoms. The van der Waals surface area contributed by atoms with Gasteiger partial charge in [0.15, 0.2) is 0 Å². The van der Waals surface area contributed by atoms with E-state index >= 15 is 0 Å². The van der Waals surface area contributed by atoms with Crippen molar-refractivity contribution >= 4 is 32.6 Å². The first kappa shape index (κ1) is 20.5. The summed E-state index contributed by atoms with van der Waals surface area (Å²) in [6.07, 6.45) is 3.25. The van der Waals surface area contributed by atoms with Gasteiger partial charge in [-0.3, -0.25) is 4.79 Å². The number of carbonyl (C=O) groups is 1. The maximum atomic E-state index is 13.2. The molecular formula is C25H22N2O4S. The summed E-state index contributed by atoms with van der Waals surface area (Å²) in [5, 5.41) is 4.08. The van der Waals surface area contributed by atoms with E-state index in [4.69, 9.17) is 4.42 Å². The van der Waals surface area contributed by atoms with Crippen molar-refractivity contribution in [3.63, 3.8) is 0 Å². The Hall–Kier alpha value is -3.42. The van der Waals surface area contributed by atoms with Crippen LogP contribution in [0.4, 0.5) is 5.69 Å². The molecule has 6 nitrogen and oxygen atoms in total. The zero-order valence-corrected chi connectivity index (χ0v) is 18.3. The molecule has 0 bridgehead atoms. The summed E-state index contributed by atoms with van der Waals surface area (Å²) in [6, 6.07) is 22.0. The van der Waals surface area contributed by atoms with Crippen molar-refractivity contribution in [2.45, 2.75) is 23.2 Å². The third-order valence-corrected chi connectivity index (χ3v) is 7.51. The first-order valence-corrected chi connectivity index (χ1v) is 11.8. The number of benzene rings is 3. The average Bonchev–Trinajstić information content (AvgIpc) is 3.50. The summed E-state index contributed by atoms with van der Waals surface area (Å²) in [6.45, 7) is 0. The maximum absolute atomic E-state index is 13.2. The molecule has 3 aromatic carbocycles. The van der Waals surface area contributed by atoms with Crippen LogP contribution < -0.4 is 10.0 Å². The quantitative estimate of drug-likeness (QED) is 0.450. The van der Waals surface area contributed by atoms with Crippen molar-refractivity contribution in [3.8, 4) is 11.1 Å². The molecule has 4 aromatic rings. The number of hydrogen-bond acceptors (Lipinski definition) is 4. The molecule has 0 saturated heterocycles. The molecule has 0 aliphatic heterocycles. The number of amides is 1. The Morgan fingerprint density at radius 3 is 2.44 bits per heavy atom. The summed E-state index contributed by atoms with van der Waals surface area (Å²) >= 11 is 0. The predicted molar refractivity (Wildman–Crippen MR) is 124 cm³/mol. The highest BCUT2D eigenvalue weighted by Gasteiger charge is 2.51. The predicted octanol–water partition coefficient (Wildman–Crippen LogP) is 4.68. The van der Waals surface area contributed by atoms with Gasteiger partial charge >= 0.3 is 0 Å². The van der Waals surface area contributed by atoms with Crippen LogP contribution in [0.2, 0.25) is 0 Å². The maximum Gasteiger partial charge on any atom is 0.240 e. The molecule has 0 unspecified atom stereocenters. The first-order valence-electron chi connectivity index (χ1n) is 10.3. The zero-order chi connectivity index (χ0) is 22.3. The molecule has 0 atom stereocenters. The third-order valence-electron chi connectivity index (χ3n) is 6.08. The number of nitrogens with one attached hydrogen (secondary N) is 2. The molecule has 1 amide bonds. The van der Waals surface area contributed by atoms with Gasteiger partial charge < -0.3 is 9.73 Å². The van der Waals surface area contributed by atoms with Crippen LogP contribution in [0, 0.1) is 0 Å². The summed E-state index contributed by atoms with van der Waals surface area (Å²) in [5.74, 6) is -0.0315. The second kappa shape index (κ2) is 7.62. The lowest BCUT2D eigenvalue weighted by Crippen LogP contribution is -2.27. The Morgan fingerprint density at radius 1 is 0.938 bits per heavy atom. The number of anilines is 1. The molecule has 1 aromatic heterocycles. The van der Waals surface area contributed by atoms with Crippen LogP contribution in [-0.4, -0.2) is 21.4 Å². The van der Waals surface area contributed by atoms with Crippen LogP contribution in [0.5, 0.6) is 0 Å². The van der Waals surface area contributed by atoms with Gasteiger partial charge in [0.1, 0.15) is 5.58 Å². The van der Waals surface area contributed by atoms with Gasteiger partial charge in [0.05, 0.1) is 16.6 Å². The molecule has 1 fully saturated rings. The van der Waals surface area contributed by atoms with Gasteiger partial charge in [0.2, 0.25) is 15.9 Å². The Balaban J connectivity index is 1.37. The number of furan rings is 1. The Kier molecular flexibility index (Phi) is 4.87. The van der Waals surface area contributed by atoms with E-state index in [0.717, 1.165) is 40.5 Å². The molecule has 0 spiro atoms. The Morgan fingerprint density at radius 2 is 1.72 bits per heavy atom. The number of sulfonamides is 1. The molecule has 32 heavy (non-hydrogen) atoms. The van der Waals surface area contributed by atoms with Crippen molar-refractivity contribution < 1.29 is 17.6 Å². The average molecular weight is 447 g/mol. The molecule has 5 rings (SSSR count). The van der Waals surface area contributed by atoms with Crippen molar-refractivity contribution in [1.82, 2.24) is 4.72 Å². The van der Waals surface area contributed by atoms with E-state index in [9.17, 15) is 13.2 Å². The summed E-state index contributed by atoms with van der Waals surface area (Å²) < 4.78 is 31.7. The fourth-order valence-electron chi connectivity index (χ4n) is 4.00. The Bertz CT molecular complexity index is 1420. The van der Waals surface area contributed by atoms with E-state index in [0.29, 0.717) is 5.69 Å². The molecule has 162 valence electrons. The number of rotatable bonds is 6. The summed E-state index contributed by atoms with van der Waals surface area (Å²) in [7, 11) is -2.10. The van der Waals surface area contributed by atoms with Gasteiger partial charge in [0.25, 0.3) is 0 Å². The second-order valence-corrected chi connectivity index (χ2v) is 9.91. The summed E-state index contributed by atoms with van der Waals surface area (Å²) in [4.78, 5) is 13.4. The van der Waals surface area contributed by atoms with Gasteiger partial charge in [-0.1, -0.05) is 36.4 Å². The van der Waals surface area contributed by atoms with E-state index in [2.05, 4.69) is 10.0 Å². The van der Waals surface area contributed by atoms with E-state index in [-0.39, 0.29) is 10.8 Å². The topological polar surface area (TPSA) is 88.4 Å². The van der Waals surface area contributed by atoms with Crippen molar-refractivity contribution in [1.29, 1.82) is 0 Å². The highest BCUT2D eigenvalue weighted by molar-refractivity contribution is 7.89. The molecule has 0 radical (unpaired) electrons. The minimum Gasteiger partial charge on any atom is -0.464 e. The summed E-state index contributed by atoms with van der Waals surface area (Å²) in [5.41, 5.74) is 3.67. The zero-order valence-electron chi connectivity index (χ0n) is 17.5. The fraction of sp³-hybridized carbons (Fsp3) is 0.160. The lowest BCUT2D eigenvalue weighted by Gasteiger charge is -2.16. The van der Waals surface area contributed by atoms with Crippen LogP contribution >= 0.6 is 0 Å². The van der Waals surface area contributed by atoms with Crippen LogP contribution in [0.3, 0.4) is 0 Å². The lowest BCUT2D eigenvalue weighted by atomic mass is 9.94. The third kappa shape index (κ3) is 3.59. The fourth-order valence-corrected chi connectivity index (χ4v) is 4.73. The first-order chi connectivity index (χ1) is 15.4. The molecule has 2 N–H and O–H groups in total. The van der Waals surface area contributed by atoms with Crippen molar-refractivity contribution in [3.05, 3.63) is 84.6 Å². The van der Waals surface area contributed by atoms with Crippen molar-refractivity contribution in [2.75, 3.05) is 12.4 Å². The van der Waals surface area contributed by atoms with E-state index in [1.54, 1.807) is 30.5 Å². The van der Waals surface area contributed by atoms with Gasteiger partial charge in [-0.2, -0.15) is 0 Å². The molecule has 1 heterocycles. The normalized spacial score (nSPS) is 14.9. The van der Waals surface area contributed by atoms with E-state index in [1.807, 2.05) is 48.5 Å². The highest BCUT2D eigenvalue weighted by Crippen LogP contribution is 2.49. The van der Waals surface area contributed by atoms with Crippen LogP contribution in [0.25, 0.3) is 22.1 Å². The van der Waals surface area contributed by atoms with Gasteiger partial charge in [-0.05, 0) is 73.0 Å². The van der Waals surface area contributed by atoms with E-state index in [1.165, 1.54) is 7.05 Å². The molecule has 1 aliphatic rings. The Labute approximate surface area is 186 Å². The van der Waals surface area contributed by atoms with Crippen LogP contribution in [0.15, 0.2) is 88.4 Å². The minimum atomic E-state index is -3.48. The largest absolute Gasteiger partial charge is 0.464 e. The molecular weight excluding hydrogens is 424 g/mol. The monoisotopic (exact) mass is 446 g/mol. The van der Waals surface area contributed by atoms with Gasteiger partial charge in [-0.25, -0.2) is 13.1 Å². The molecule has 1 saturated carbocycles. The minimum absolute atomic E-state index is 0.0315. The van der Waals surface area contributed by atoms with Gasteiger partial charge in [-0.15, -0.1) is 0 Å². The highest BCUT2D eigenvalue weighted by atomic mass is 32.2. The van der Waals surface area contributed by atoms with Crippen LogP contribution in [-0.2, 0) is 20.2 Å². The standard InChI is InChI=1S/C25H22N2O4S/c1-26-32(29,30)22-9-6-17(7-10-22)19-3-2-4-21(15-19)27-24(28)25(12-13-25)20-8-5-18-11-14-31-23(18)16-20/h2-11,14-16,26H,12-13H2,1H3,(H,27,28). The number of carbonyl (C=O) groups excluding carboxylic acids is 1. The smallest absolute Gasteiger partial charge is 0.240 e. The SMILES string of the molecule is CNS(=O)(=O)c1ccc(-c2cccc(NC(=O)C3(c4ccc5ccoc5c4)CC3)c2)cc1. The molecule has 1 aliphatic carbocycles. The van der Waals surface area contributed by atoms with E-state index < -0.39 is 15.4 Å².